The molecule has 2 aromatic rings. The van der Waals surface area contributed by atoms with Gasteiger partial charge in [0, 0.05) is 6.54 Å². The molecule has 0 bridgehead atoms. The Labute approximate surface area is 139 Å². The Morgan fingerprint density at radius 2 is 1.95 bits per heavy atom. The Bertz CT molecular complexity index is 683. The second kappa shape index (κ2) is 7.45. The molecule has 3 nitrogen and oxygen atoms in total. The third-order valence-electron chi connectivity index (χ3n) is 3.56. The second-order valence-corrected chi connectivity index (χ2v) is 6.21. The molecule has 2 aromatic carbocycles. The summed E-state index contributed by atoms with van der Waals surface area (Å²) in [5.74, 6) is 0.811. The second-order valence-electron chi connectivity index (χ2n) is 5.35. The number of halogens is 1. The number of carbonyl (C=O) groups is 1. The molecule has 1 N–H and O–H groups in total. The lowest BCUT2D eigenvalue weighted by molar-refractivity contribution is -0.120. The van der Waals surface area contributed by atoms with Crippen LogP contribution in [-0.4, -0.2) is 13.0 Å². The molecule has 0 atom stereocenters. The first-order chi connectivity index (χ1) is 10.5. The van der Waals surface area contributed by atoms with Crippen molar-refractivity contribution < 1.29 is 9.53 Å². The van der Waals surface area contributed by atoms with E-state index in [9.17, 15) is 4.79 Å². The van der Waals surface area contributed by atoms with Gasteiger partial charge in [0.15, 0.2) is 0 Å². The number of carbonyl (C=O) groups excluding carboxylic acids is 1. The summed E-state index contributed by atoms with van der Waals surface area (Å²) in [4.78, 5) is 12.1. The van der Waals surface area contributed by atoms with Gasteiger partial charge in [-0.3, -0.25) is 4.79 Å². The SMILES string of the molecule is COc1ccc(CNC(=O)Cc2cc(C)ccc2C)cc1Br. The van der Waals surface area contributed by atoms with Crippen molar-refractivity contribution in [2.75, 3.05) is 7.11 Å². The molecular formula is C18H20BrNO2. The van der Waals surface area contributed by atoms with Crippen molar-refractivity contribution >= 4 is 21.8 Å². The molecule has 0 aliphatic rings. The van der Waals surface area contributed by atoms with Crippen LogP contribution in [-0.2, 0) is 17.8 Å². The molecule has 2 rings (SSSR count). The molecule has 116 valence electrons. The molecule has 0 unspecified atom stereocenters. The van der Waals surface area contributed by atoms with Gasteiger partial charge < -0.3 is 10.1 Å². The topological polar surface area (TPSA) is 38.3 Å². The zero-order chi connectivity index (χ0) is 16.1. The number of aryl methyl sites for hydroxylation is 2. The molecule has 0 spiro atoms. The van der Waals surface area contributed by atoms with Crippen LogP contribution in [0.3, 0.4) is 0 Å². The first-order valence-corrected chi connectivity index (χ1v) is 7.94. The van der Waals surface area contributed by atoms with E-state index in [1.807, 2.05) is 32.0 Å². The third-order valence-corrected chi connectivity index (χ3v) is 4.18. The van der Waals surface area contributed by atoms with Gasteiger partial charge in [-0.1, -0.05) is 29.8 Å². The highest BCUT2D eigenvalue weighted by atomic mass is 79.9. The Morgan fingerprint density at radius 3 is 2.64 bits per heavy atom. The highest BCUT2D eigenvalue weighted by Crippen LogP contribution is 2.25. The standard InChI is InChI=1S/C18H20BrNO2/c1-12-4-5-13(2)15(8-12)10-18(21)20-11-14-6-7-17(22-3)16(19)9-14/h4-9H,10-11H2,1-3H3,(H,20,21). The van der Waals surface area contributed by atoms with E-state index < -0.39 is 0 Å². The fourth-order valence-corrected chi connectivity index (χ4v) is 2.83. The van der Waals surface area contributed by atoms with Crippen LogP contribution >= 0.6 is 15.9 Å². The summed E-state index contributed by atoms with van der Waals surface area (Å²) >= 11 is 3.45. The van der Waals surface area contributed by atoms with E-state index in [-0.39, 0.29) is 5.91 Å². The van der Waals surface area contributed by atoms with Crippen LogP contribution in [0.2, 0.25) is 0 Å². The number of hydrogen-bond donors (Lipinski definition) is 1. The van der Waals surface area contributed by atoms with Crippen LogP contribution in [0, 0.1) is 13.8 Å². The minimum absolute atomic E-state index is 0.0284. The summed E-state index contributed by atoms with van der Waals surface area (Å²) in [6.07, 6.45) is 0.408. The zero-order valence-corrected chi connectivity index (χ0v) is 14.7. The fourth-order valence-electron chi connectivity index (χ4n) is 2.25. The van der Waals surface area contributed by atoms with Crippen molar-refractivity contribution in [2.24, 2.45) is 0 Å². The number of rotatable bonds is 5. The summed E-state index contributed by atoms with van der Waals surface area (Å²) < 4.78 is 6.08. The number of nitrogens with one attached hydrogen (secondary N) is 1. The highest BCUT2D eigenvalue weighted by molar-refractivity contribution is 9.10. The van der Waals surface area contributed by atoms with Crippen LogP contribution < -0.4 is 10.1 Å². The van der Waals surface area contributed by atoms with Gasteiger partial charge in [-0.05, 0) is 58.6 Å². The van der Waals surface area contributed by atoms with Crippen LogP contribution in [0.1, 0.15) is 22.3 Å². The number of hydrogen-bond acceptors (Lipinski definition) is 2. The lowest BCUT2D eigenvalue weighted by Crippen LogP contribution is -2.24. The number of benzene rings is 2. The summed E-state index contributed by atoms with van der Waals surface area (Å²) in [6.45, 7) is 4.57. The molecular weight excluding hydrogens is 342 g/mol. The van der Waals surface area contributed by atoms with Gasteiger partial charge in [0.05, 0.1) is 18.0 Å². The van der Waals surface area contributed by atoms with E-state index in [1.54, 1.807) is 7.11 Å². The first-order valence-electron chi connectivity index (χ1n) is 7.15. The van der Waals surface area contributed by atoms with Crippen molar-refractivity contribution in [2.45, 2.75) is 26.8 Å². The molecule has 0 radical (unpaired) electrons. The van der Waals surface area contributed by atoms with Crippen molar-refractivity contribution in [1.82, 2.24) is 5.32 Å². The fraction of sp³-hybridized carbons (Fsp3) is 0.278. The molecule has 0 saturated carbocycles. The number of ether oxygens (including phenoxy) is 1. The summed E-state index contributed by atoms with van der Waals surface area (Å²) in [5, 5.41) is 2.96. The summed E-state index contributed by atoms with van der Waals surface area (Å²) in [7, 11) is 1.63. The Balaban J connectivity index is 1.95. The molecule has 0 aliphatic heterocycles. The largest absolute Gasteiger partial charge is 0.496 e. The smallest absolute Gasteiger partial charge is 0.224 e. The Kier molecular flexibility index (Phi) is 5.61. The monoisotopic (exact) mass is 361 g/mol. The van der Waals surface area contributed by atoms with Gasteiger partial charge in [-0.15, -0.1) is 0 Å². The van der Waals surface area contributed by atoms with Gasteiger partial charge in [0.25, 0.3) is 0 Å². The minimum Gasteiger partial charge on any atom is -0.496 e. The van der Waals surface area contributed by atoms with Crippen LogP contribution in [0.15, 0.2) is 40.9 Å². The normalized spacial score (nSPS) is 10.4. The molecule has 22 heavy (non-hydrogen) atoms. The quantitative estimate of drug-likeness (QED) is 0.875. The van der Waals surface area contributed by atoms with Gasteiger partial charge in [-0.25, -0.2) is 0 Å². The van der Waals surface area contributed by atoms with E-state index in [0.29, 0.717) is 13.0 Å². The van der Waals surface area contributed by atoms with Crippen molar-refractivity contribution in [1.29, 1.82) is 0 Å². The maximum atomic E-state index is 12.1. The maximum Gasteiger partial charge on any atom is 0.224 e. The summed E-state index contributed by atoms with van der Waals surface area (Å²) in [6, 6.07) is 12.0. The van der Waals surface area contributed by atoms with E-state index in [4.69, 9.17) is 4.74 Å². The van der Waals surface area contributed by atoms with Crippen molar-refractivity contribution in [3.05, 3.63) is 63.1 Å². The molecule has 0 aromatic heterocycles. The Morgan fingerprint density at radius 1 is 1.18 bits per heavy atom. The Hall–Kier alpha value is -1.81. The molecule has 1 amide bonds. The molecule has 0 fully saturated rings. The molecule has 0 heterocycles. The van der Waals surface area contributed by atoms with Crippen LogP contribution in [0.4, 0.5) is 0 Å². The van der Waals surface area contributed by atoms with Crippen LogP contribution in [0.5, 0.6) is 5.75 Å². The van der Waals surface area contributed by atoms with Crippen LogP contribution in [0.25, 0.3) is 0 Å². The van der Waals surface area contributed by atoms with E-state index >= 15 is 0 Å². The first kappa shape index (κ1) is 16.6. The number of amides is 1. The van der Waals surface area contributed by atoms with E-state index in [2.05, 4.69) is 39.4 Å². The minimum atomic E-state index is 0.0284. The molecule has 4 heteroatoms. The third kappa shape index (κ3) is 4.34. The van der Waals surface area contributed by atoms with E-state index in [0.717, 1.165) is 26.9 Å². The lowest BCUT2D eigenvalue weighted by Gasteiger charge is -2.10. The average molecular weight is 362 g/mol. The van der Waals surface area contributed by atoms with Gasteiger partial charge in [0.1, 0.15) is 5.75 Å². The molecule has 0 saturated heterocycles. The maximum absolute atomic E-state index is 12.1. The molecule has 0 aliphatic carbocycles. The van der Waals surface area contributed by atoms with Gasteiger partial charge in [0.2, 0.25) is 5.91 Å². The van der Waals surface area contributed by atoms with Gasteiger partial charge >= 0.3 is 0 Å². The lowest BCUT2D eigenvalue weighted by atomic mass is 10.0. The number of methoxy groups -OCH3 is 1. The average Bonchev–Trinajstić information content (AvgIpc) is 2.49. The highest BCUT2D eigenvalue weighted by Gasteiger charge is 2.07. The predicted octanol–water partition coefficient (Wildman–Crippen LogP) is 3.93. The van der Waals surface area contributed by atoms with Gasteiger partial charge in [-0.2, -0.15) is 0 Å². The zero-order valence-electron chi connectivity index (χ0n) is 13.1. The van der Waals surface area contributed by atoms with Crippen molar-refractivity contribution in [3.8, 4) is 5.75 Å². The predicted molar refractivity (Wildman–Crippen MR) is 92.2 cm³/mol. The van der Waals surface area contributed by atoms with Crippen molar-refractivity contribution in [3.63, 3.8) is 0 Å². The van der Waals surface area contributed by atoms with E-state index in [1.165, 1.54) is 5.56 Å². The summed E-state index contributed by atoms with van der Waals surface area (Å²) in [5.41, 5.74) is 4.43.